The van der Waals surface area contributed by atoms with Crippen molar-refractivity contribution in [2.75, 3.05) is 0 Å². The number of primary amides is 1. The van der Waals surface area contributed by atoms with E-state index in [0.29, 0.717) is 18.7 Å². The number of carbonyl (C=O) groups excluding carboxylic acids is 2. The van der Waals surface area contributed by atoms with Crippen LogP contribution in [-0.4, -0.2) is 28.1 Å². The number of aromatic nitrogens is 2. The third-order valence-electron chi connectivity index (χ3n) is 1.91. The summed E-state index contributed by atoms with van der Waals surface area (Å²) in [4.78, 5) is 26.1. The van der Waals surface area contributed by atoms with Crippen molar-refractivity contribution in [1.82, 2.24) is 10.1 Å². The summed E-state index contributed by atoms with van der Waals surface area (Å²) in [6.07, 6.45) is -1.12. The Labute approximate surface area is 91.9 Å². The third-order valence-corrected chi connectivity index (χ3v) is 1.91. The molecule has 0 saturated carbocycles. The van der Waals surface area contributed by atoms with Crippen LogP contribution in [0.25, 0.3) is 0 Å². The minimum atomic E-state index is -1.00. The normalized spacial score (nSPS) is 12.1. The molecule has 1 unspecified atom stereocenters. The molecule has 0 aliphatic rings. The molecule has 0 bridgehead atoms. The molecule has 1 heterocycles. The van der Waals surface area contributed by atoms with Crippen molar-refractivity contribution in [3.63, 3.8) is 0 Å². The van der Waals surface area contributed by atoms with Gasteiger partial charge in [-0.25, -0.2) is 4.79 Å². The van der Waals surface area contributed by atoms with E-state index in [2.05, 4.69) is 14.9 Å². The van der Waals surface area contributed by atoms with Crippen LogP contribution in [0.2, 0.25) is 0 Å². The fraction of sp³-hybridized carbons (Fsp3) is 0.556. The highest BCUT2D eigenvalue weighted by molar-refractivity contribution is 5.96. The van der Waals surface area contributed by atoms with Crippen molar-refractivity contribution in [1.29, 1.82) is 0 Å². The summed E-state index contributed by atoms with van der Waals surface area (Å²) < 4.78 is 9.41. The number of carbonyl (C=O) groups is 2. The Morgan fingerprint density at radius 3 is 2.62 bits per heavy atom. The molecular weight excluding hydrogens is 214 g/mol. The van der Waals surface area contributed by atoms with E-state index in [1.165, 1.54) is 0 Å². The zero-order valence-electron chi connectivity index (χ0n) is 9.10. The summed E-state index contributed by atoms with van der Waals surface area (Å²) in [5, 5.41) is 3.50. The molecule has 1 aromatic heterocycles. The molecule has 16 heavy (non-hydrogen) atoms. The molecule has 0 radical (unpaired) electrons. The molecule has 0 aliphatic carbocycles. The van der Waals surface area contributed by atoms with Crippen LogP contribution in [0.15, 0.2) is 4.52 Å². The number of nitrogens with zero attached hydrogens (tertiary/aromatic N) is 2. The second-order valence-electron chi connectivity index (χ2n) is 3.06. The van der Waals surface area contributed by atoms with Crippen LogP contribution in [0.1, 0.15) is 36.8 Å². The van der Waals surface area contributed by atoms with Gasteiger partial charge in [0.15, 0.2) is 6.10 Å². The van der Waals surface area contributed by atoms with E-state index in [0.717, 1.165) is 0 Å². The molecule has 1 amide bonds. The Balaban J connectivity index is 2.78. The van der Waals surface area contributed by atoms with Gasteiger partial charge in [0.2, 0.25) is 17.5 Å². The SMILES string of the molecule is CCc1nc(C(=O)C(CC)OC(N)=O)no1. The Morgan fingerprint density at radius 2 is 2.19 bits per heavy atom. The largest absolute Gasteiger partial charge is 0.438 e. The number of nitrogens with two attached hydrogens (primary N) is 1. The van der Waals surface area contributed by atoms with Crippen LogP contribution in [0.5, 0.6) is 0 Å². The monoisotopic (exact) mass is 227 g/mol. The van der Waals surface area contributed by atoms with E-state index in [1.807, 2.05) is 6.92 Å². The van der Waals surface area contributed by atoms with Gasteiger partial charge in [-0.05, 0) is 6.42 Å². The molecule has 0 aliphatic heterocycles. The van der Waals surface area contributed by atoms with Crippen LogP contribution >= 0.6 is 0 Å². The molecule has 0 aromatic carbocycles. The summed E-state index contributed by atoms with van der Waals surface area (Å²) in [6.45, 7) is 3.51. The van der Waals surface area contributed by atoms with Crippen molar-refractivity contribution in [2.45, 2.75) is 32.8 Å². The van der Waals surface area contributed by atoms with E-state index in [4.69, 9.17) is 10.3 Å². The van der Waals surface area contributed by atoms with Gasteiger partial charge in [-0.1, -0.05) is 19.0 Å². The standard InChI is InChI=1S/C9H13N3O4/c1-3-5(15-9(10)14)7(13)8-11-6(4-2)16-12-8/h5H,3-4H2,1-2H3,(H2,10,14). The maximum absolute atomic E-state index is 11.7. The lowest BCUT2D eigenvalue weighted by atomic mass is 10.2. The molecule has 1 atom stereocenters. The summed E-state index contributed by atoms with van der Waals surface area (Å²) in [5.74, 6) is -0.244. The molecule has 88 valence electrons. The molecule has 0 fully saturated rings. The van der Waals surface area contributed by atoms with E-state index < -0.39 is 18.0 Å². The first kappa shape index (κ1) is 12.2. The van der Waals surface area contributed by atoms with Crippen LogP contribution in [0, 0.1) is 0 Å². The topological polar surface area (TPSA) is 108 Å². The lowest BCUT2D eigenvalue weighted by Gasteiger charge is -2.10. The van der Waals surface area contributed by atoms with Crippen molar-refractivity contribution in [3.05, 3.63) is 11.7 Å². The minimum Gasteiger partial charge on any atom is -0.438 e. The van der Waals surface area contributed by atoms with Crippen LogP contribution in [0.3, 0.4) is 0 Å². The van der Waals surface area contributed by atoms with Crippen molar-refractivity contribution in [2.24, 2.45) is 5.73 Å². The van der Waals surface area contributed by atoms with Crippen LogP contribution in [-0.2, 0) is 11.2 Å². The Morgan fingerprint density at radius 1 is 1.50 bits per heavy atom. The molecule has 7 nitrogen and oxygen atoms in total. The summed E-state index contributed by atoms with van der Waals surface area (Å²) in [6, 6.07) is 0. The fourth-order valence-electron chi connectivity index (χ4n) is 1.11. The lowest BCUT2D eigenvalue weighted by Crippen LogP contribution is -2.30. The number of rotatable bonds is 5. The van der Waals surface area contributed by atoms with Gasteiger partial charge < -0.3 is 15.0 Å². The van der Waals surface area contributed by atoms with Gasteiger partial charge in [-0.15, -0.1) is 0 Å². The summed E-state index contributed by atoms with van der Waals surface area (Å²) in [7, 11) is 0. The number of Topliss-reactive ketones (excluding diaryl/α,β-unsaturated/α-hetero) is 1. The van der Waals surface area contributed by atoms with Gasteiger partial charge in [-0.3, -0.25) is 4.79 Å². The fourth-order valence-corrected chi connectivity index (χ4v) is 1.11. The van der Waals surface area contributed by atoms with E-state index in [-0.39, 0.29) is 5.82 Å². The molecular formula is C9H13N3O4. The van der Waals surface area contributed by atoms with Gasteiger partial charge in [-0.2, -0.15) is 4.98 Å². The van der Waals surface area contributed by atoms with E-state index >= 15 is 0 Å². The Bertz CT molecular complexity index is 388. The van der Waals surface area contributed by atoms with Gasteiger partial charge in [0.05, 0.1) is 0 Å². The first-order chi connectivity index (χ1) is 7.58. The molecule has 1 rings (SSSR count). The Hall–Kier alpha value is -1.92. The van der Waals surface area contributed by atoms with Crippen molar-refractivity contribution in [3.8, 4) is 0 Å². The average Bonchev–Trinajstić information content (AvgIpc) is 2.73. The first-order valence-electron chi connectivity index (χ1n) is 4.91. The Kier molecular flexibility index (Phi) is 3.98. The van der Waals surface area contributed by atoms with Crippen LogP contribution in [0.4, 0.5) is 4.79 Å². The summed E-state index contributed by atoms with van der Waals surface area (Å²) >= 11 is 0. The first-order valence-corrected chi connectivity index (χ1v) is 4.91. The number of ketones is 1. The van der Waals surface area contributed by atoms with E-state index in [1.54, 1.807) is 6.92 Å². The zero-order chi connectivity index (χ0) is 12.1. The molecule has 7 heteroatoms. The predicted molar refractivity (Wildman–Crippen MR) is 52.8 cm³/mol. The van der Waals surface area contributed by atoms with Gasteiger partial charge in [0, 0.05) is 6.42 Å². The van der Waals surface area contributed by atoms with E-state index in [9.17, 15) is 9.59 Å². The number of amides is 1. The predicted octanol–water partition coefficient (Wildman–Crippen LogP) is 0.689. The minimum absolute atomic E-state index is 0.0926. The number of ether oxygens (including phenoxy) is 1. The molecule has 1 aromatic rings. The highest BCUT2D eigenvalue weighted by atomic mass is 16.6. The average molecular weight is 227 g/mol. The lowest BCUT2D eigenvalue weighted by molar-refractivity contribution is 0.0634. The van der Waals surface area contributed by atoms with Gasteiger partial charge in [0.1, 0.15) is 0 Å². The van der Waals surface area contributed by atoms with Crippen molar-refractivity contribution >= 4 is 11.9 Å². The molecule has 0 spiro atoms. The number of aryl methyl sites for hydroxylation is 1. The highest BCUT2D eigenvalue weighted by Gasteiger charge is 2.25. The number of hydrogen-bond donors (Lipinski definition) is 1. The zero-order valence-corrected chi connectivity index (χ0v) is 9.10. The quantitative estimate of drug-likeness (QED) is 0.741. The van der Waals surface area contributed by atoms with Gasteiger partial charge >= 0.3 is 6.09 Å². The maximum Gasteiger partial charge on any atom is 0.405 e. The van der Waals surface area contributed by atoms with Crippen molar-refractivity contribution < 1.29 is 18.8 Å². The van der Waals surface area contributed by atoms with Crippen LogP contribution < -0.4 is 5.73 Å². The second kappa shape index (κ2) is 5.24. The molecule has 2 N–H and O–H groups in total. The maximum atomic E-state index is 11.7. The molecule has 0 saturated heterocycles. The highest BCUT2D eigenvalue weighted by Crippen LogP contribution is 2.07. The smallest absolute Gasteiger partial charge is 0.405 e. The van der Waals surface area contributed by atoms with Gasteiger partial charge in [0.25, 0.3) is 0 Å². The third kappa shape index (κ3) is 2.78. The number of hydrogen-bond acceptors (Lipinski definition) is 6. The summed E-state index contributed by atoms with van der Waals surface area (Å²) in [5.41, 5.74) is 4.84. The second-order valence-corrected chi connectivity index (χ2v) is 3.06.